The Morgan fingerprint density at radius 1 is 1.40 bits per heavy atom. The highest BCUT2D eigenvalue weighted by molar-refractivity contribution is 7.09. The van der Waals surface area contributed by atoms with Crippen molar-refractivity contribution in [2.24, 2.45) is 0 Å². The summed E-state index contributed by atoms with van der Waals surface area (Å²) < 4.78 is 5.31. The minimum absolute atomic E-state index is 0.908. The van der Waals surface area contributed by atoms with E-state index in [4.69, 9.17) is 4.74 Å². The molecule has 1 aromatic heterocycles. The van der Waals surface area contributed by atoms with E-state index in [-0.39, 0.29) is 0 Å². The standard InChI is InChI=1S/C11H18N2OS/c1-2-11(15-9-1)10-12-3-4-13-5-7-14-8-6-13/h1-2,9,12H,3-8,10H2/p+1. The van der Waals surface area contributed by atoms with E-state index in [2.05, 4.69) is 27.7 Å². The van der Waals surface area contributed by atoms with Crippen LogP contribution in [0.25, 0.3) is 0 Å². The van der Waals surface area contributed by atoms with Crippen molar-refractivity contribution in [3.05, 3.63) is 22.4 Å². The average Bonchev–Trinajstić information content (AvgIpc) is 2.79. The molecule has 1 saturated heterocycles. The fraction of sp³-hybridized carbons (Fsp3) is 0.636. The van der Waals surface area contributed by atoms with E-state index >= 15 is 0 Å². The van der Waals surface area contributed by atoms with E-state index < -0.39 is 0 Å². The Bertz CT molecular complexity index is 258. The molecule has 0 spiro atoms. The van der Waals surface area contributed by atoms with Gasteiger partial charge in [-0.15, -0.1) is 11.3 Å². The van der Waals surface area contributed by atoms with Crippen molar-refractivity contribution in [2.75, 3.05) is 39.4 Å². The minimum Gasteiger partial charge on any atom is -0.379 e. The van der Waals surface area contributed by atoms with Gasteiger partial charge in [0.05, 0.1) is 24.6 Å². The molecule has 0 bridgehead atoms. The quantitative estimate of drug-likeness (QED) is 0.725. The first-order valence-electron chi connectivity index (χ1n) is 5.59. The lowest BCUT2D eigenvalue weighted by Gasteiger charge is -2.25. The fourth-order valence-electron chi connectivity index (χ4n) is 1.77. The highest BCUT2D eigenvalue weighted by atomic mass is 32.1. The van der Waals surface area contributed by atoms with E-state index in [1.54, 1.807) is 0 Å². The lowest BCUT2D eigenvalue weighted by molar-refractivity contribution is -0.669. The van der Waals surface area contributed by atoms with Crippen LogP contribution in [0.3, 0.4) is 0 Å². The second kappa shape index (κ2) is 6.23. The molecule has 4 heteroatoms. The molecule has 3 nitrogen and oxygen atoms in total. The number of ether oxygens (including phenoxy) is 1. The van der Waals surface area contributed by atoms with Gasteiger partial charge in [0.15, 0.2) is 0 Å². The van der Waals surface area contributed by atoms with Crippen molar-refractivity contribution in [2.45, 2.75) is 6.54 Å². The van der Waals surface area contributed by atoms with Crippen LogP contribution in [0.5, 0.6) is 0 Å². The summed E-state index contributed by atoms with van der Waals surface area (Å²) in [6.07, 6.45) is 0. The number of nitrogens with two attached hydrogens (primary N) is 1. The van der Waals surface area contributed by atoms with Crippen LogP contribution in [-0.2, 0) is 11.3 Å². The van der Waals surface area contributed by atoms with Gasteiger partial charge in [0, 0.05) is 19.6 Å². The first kappa shape index (κ1) is 11.1. The zero-order chi connectivity index (χ0) is 10.3. The van der Waals surface area contributed by atoms with E-state index in [1.165, 1.54) is 18.0 Å². The van der Waals surface area contributed by atoms with E-state index in [9.17, 15) is 0 Å². The molecule has 0 radical (unpaired) electrons. The van der Waals surface area contributed by atoms with Gasteiger partial charge >= 0.3 is 0 Å². The number of rotatable bonds is 5. The molecule has 0 saturated carbocycles. The van der Waals surface area contributed by atoms with Gasteiger partial charge in [-0.05, 0) is 11.4 Å². The molecule has 84 valence electrons. The van der Waals surface area contributed by atoms with Gasteiger partial charge in [-0.2, -0.15) is 0 Å². The Morgan fingerprint density at radius 2 is 2.27 bits per heavy atom. The maximum atomic E-state index is 5.31. The Hall–Kier alpha value is -0.420. The Morgan fingerprint density at radius 3 is 3.00 bits per heavy atom. The van der Waals surface area contributed by atoms with E-state index in [1.807, 2.05) is 11.3 Å². The predicted octanol–water partition coefficient (Wildman–Crippen LogP) is 0.144. The van der Waals surface area contributed by atoms with Crippen LogP contribution in [0.4, 0.5) is 0 Å². The molecule has 0 atom stereocenters. The maximum Gasteiger partial charge on any atom is 0.111 e. The molecular formula is C11H19N2OS+. The van der Waals surface area contributed by atoms with Crippen molar-refractivity contribution in [1.82, 2.24) is 4.90 Å². The van der Waals surface area contributed by atoms with Gasteiger partial charge in [0.25, 0.3) is 0 Å². The molecule has 1 aromatic rings. The third-order valence-corrected chi connectivity index (χ3v) is 3.58. The molecule has 2 heterocycles. The first-order chi connectivity index (χ1) is 7.45. The average molecular weight is 227 g/mol. The summed E-state index contributed by atoms with van der Waals surface area (Å²) in [7, 11) is 0. The molecule has 0 amide bonds. The summed E-state index contributed by atoms with van der Waals surface area (Å²) in [5.41, 5.74) is 0. The van der Waals surface area contributed by atoms with E-state index in [0.717, 1.165) is 32.8 Å². The smallest absolute Gasteiger partial charge is 0.111 e. The maximum absolute atomic E-state index is 5.31. The SMILES string of the molecule is c1csc(C[NH2+]CCN2CCOCC2)c1. The largest absolute Gasteiger partial charge is 0.379 e. The number of hydrogen-bond acceptors (Lipinski definition) is 3. The van der Waals surface area contributed by atoms with Crippen LogP contribution in [0.15, 0.2) is 17.5 Å². The molecule has 0 aliphatic carbocycles. The number of morpholine rings is 1. The molecule has 1 aliphatic rings. The van der Waals surface area contributed by atoms with Crippen LogP contribution in [0, 0.1) is 0 Å². The second-order valence-corrected chi connectivity index (χ2v) is 4.85. The van der Waals surface area contributed by atoms with Gasteiger partial charge in [-0.1, -0.05) is 6.07 Å². The van der Waals surface area contributed by atoms with Gasteiger partial charge in [0.1, 0.15) is 6.54 Å². The van der Waals surface area contributed by atoms with Gasteiger partial charge in [-0.25, -0.2) is 0 Å². The molecule has 0 aromatic carbocycles. The fourth-order valence-corrected chi connectivity index (χ4v) is 2.47. The molecule has 1 aliphatic heterocycles. The zero-order valence-electron chi connectivity index (χ0n) is 9.02. The van der Waals surface area contributed by atoms with Gasteiger partial charge < -0.3 is 10.1 Å². The normalized spacial score (nSPS) is 18.1. The highest BCUT2D eigenvalue weighted by Crippen LogP contribution is 2.05. The molecule has 15 heavy (non-hydrogen) atoms. The van der Waals surface area contributed by atoms with Crippen LogP contribution >= 0.6 is 11.3 Å². The number of nitrogens with zero attached hydrogens (tertiary/aromatic N) is 1. The van der Waals surface area contributed by atoms with Crippen LogP contribution in [0.2, 0.25) is 0 Å². The summed E-state index contributed by atoms with van der Waals surface area (Å²) in [6.45, 7) is 7.53. The highest BCUT2D eigenvalue weighted by Gasteiger charge is 2.09. The Balaban J connectivity index is 1.54. The molecule has 1 fully saturated rings. The summed E-state index contributed by atoms with van der Waals surface area (Å²) in [5, 5.41) is 4.53. The second-order valence-electron chi connectivity index (χ2n) is 3.81. The van der Waals surface area contributed by atoms with E-state index in [0.29, 0.717) is 0 Å². The van der Waals surface area contributed by atoms with Crippen LogP contribution < -0.4 is 5.32 Å². The Kier molecular flexibility index (Phi) is 4.60. The summed E-state index contributed by atoms with van der Waals surface area (Å²) in [5.74, 6) is 0. The van der Waals surface area contributed by atoms with Crippen molar-refractivity contribution < 1.29 is 10.1 Å². The van der Waals surface area contributed by atoms with Gasteiger partial charge in [0.2, 0.25) is 0 Å². The third-order valence-electron chi connectivity index (χ3n) is 2.68. The topological polar surface area (TPSA) is 29.1 Å². The lowest BCUT2D eigenvalue weighted by atomic mass is 10.4. The van der Waals surface area contributed by atoms with Crippen LogP contribution in [0.1, 0.15) is 4.88 Å². The van der Waals surface area contributed by atoms with Gasteiger partial charge in [-0.3, -0.25) is 4.90 Å². The molecule has 0 unspecified atom stereocenters. The first-order valence-corrected chi connectivity index (χ1v) is 6.47. The zero-order valence-corrected chi connectivity index (χ0v) is 9.84. The third kappa shape index (κ3) is 3.91. The van der Waals surface area contributed by atoms with Crippen molar-refractivity contribution in [3.63, 3.8) is 0 Å². The van der Waals surface area contributed by atoms with Crippen molar-refractivity contribution in [1.29, 1.82) is 0 Å². The predicted molar refractivity (Wildman–Crippen MR) is 62.1 cm³/mol. The number of hydrogen-bond donors (Lipinski definition) is 1. The minimum atomic E-state index is 0.908. The molecule has 2 N–H and O–H groups in total. The Labute approximate surface area is 95.0 Å². The number of quaternary nitrogens is 1. The lowest BCUT2D eigenvalue weighted by Crippen LogP contribution is -2.84. The van der Waals surface area contributed by atoms with Crippen molar-refractivity contribution >= 4 is 11.3 Å². The monoisotopic (exact) mass is 227 g/mol. The molecule has 2 rings (SSSR count). The van der Waals surface area contributed by atoms with Crippen molar-refractivity contribution in [3.8, 4) is 0 Å². The summed E-state index contributed by atoms with van der Waals surface area (Å²) in [6, 6.07) is 4.33. The number of thiophene rings is 1. The molecular weight excluding hydrogens is 208 g/mol. The van der Waals surface area contributed by atoms with Crippen LogP contribution in [-0.4, -0.2) is 44.3 Å². The summed E-state index contributed by atoms with van der Waals surface area (Å²) in [4.78, 5) is 3.95. The summed E-state index contributed by atoms with van der Waals surface area (Å²) >= 11 is 1.84.